The largest absolute Gasteiger partial charge is 0.268 e. The highest BCUT2D eigenvalue weighted by Crippen LogP contribution is 2.03. The topological polar surface area (TPSA) is 112 Å². The Hall–Kier alpha value is -2.85. The molecule has 0 aliphatic carbocycles. The second-order valence-corrected chi connectivity index (χ2v) is 7.04. The molecule has 0 aliphatic heterocycles. The molecule has 0 saturated carbocycles. The molecule has 0 spiro atoms. The van der Waals surface area contributed by atoms with Gasteiger partial charge in [0, 0.05) is 12.6 Å². The molecular formula is C15H16N6O3S. The van der Waals surface area contributed by atoms with Crippen LogP contribution in [0.5, 0.6) is 0 Å². The molecule has 3 aromatic rings. The first-order valence-electron chi connectivity index (χ1n) is 7.48. The molecule has 0 unspecified atom stereocenters. The Morgan fingerprint density at radius 2 is 1.88 bits per heavy atom. The van der Waals surface area contributed by atoms with E-state index in [0.29, 0.717) is 11.4 Å². The van der Waals surface area contributed by atoms with Crippen LogP contribution >= 0.6 is 0 Å². The Kier molecular flexibility index (Phi) is 5.00. The number of benzene rings is 1. The van der Waals surface area contributed by atoms with Crippen LogP contribution in [0.4, 0.5) is 0 Å². The van der Waals surface area contributed by atoms with Gasteiger partial charge in [0.15, 0.2) is 5.82 Å². The average Bonchev–Trinajstić information content (AvgIpc) is 3.11. The first-order chi connectivity index (χ1) is 12.0. The number of aromatic nitrogens is 5. The number of nitrogens with one attached hydrogen (secondary N) is 1. The van der Waals surface area contributed by atoms with Crippen molar-refractivity contribution in [3.05, 3.63) is 71.0 Å². The lowest BCUT2D eigenvalue weighted by molar-refractivity contribution is 0.541. The molecule has 1 N–H and O–H groups in total. The van der Waals surface area contributed by atoms with Gasteiger partial charge < -0.3 is 0 Å². The fourth-order valence-corrected chi connectivity index (χ4v) is 3.33. The Labute approximate surface area is 144 Å². The lowest BCUT2D eigenvalue weighted by atomic mass is 10.2. The van der Waals surface area contributed by atoms with E-state index in [2.05, 4.69) is 19.9 Å². The number of sulfonamides is 1. The summed E-state index contributed by atoms with van der Waals surface area (Å²) in [5.41, 5.74) is 0.365. The monoisotopic (exact) mass is 360 g/mol. The van der Waals surface area contributed by atoms with Crippen molar-refractivity contribution in [3.8, 4) is 5.82 Å². The summed E-state index contributed by atoms with van der Waals surface area (Å²) < 4.78 is 29.2. The average molecular weight is 360 g/mol. The second-order valence-electron chi connectivity index (χ2n) is 5.23. The maximum Gasteiger partial charge on any atom is 0.266 e. The van der Waals surface area contributed by atoms with Crippen LogP contribution in [-0.2, 0) is 22.3 Å². The van der Waals surface area contributed by atoms with Gasteiger partial charge >= 0.3 is 0 Å². The lowest BCUT2D eigenvalue weighted by Crippen LogP contribution is -2.32. The maximum atomic E-state index is 12.1. The van der Waals surface area contributed by atoms with Crippen molar-refractivity contribution in [2.24, 2.45) is 0 Å². The molecular weight excluding hydrogens is 344 g/mol. The zero-order valence-electron chi connectivity index (χ0n) is 13.2. The van der Waals surface area contributed by atoms with E-state index in [0.717, 1.165) is 0 Å². The third kappa shape index (κ3) is 4.58. The van der Waals surface area contributed by atoms with E-state index < -0.39 is 10.0 Å². The predicted octanol–water partition coefficient (Wildman–Crippen LogP) is -0.0564. The van der Waals surface area contributed by atoms with Crippen LogP contribution in [0.2, 0.25) is 0 Å². The van der Waals surface area contributed by atoms with Crippen LogP contribution in [0.15, 0.2) is 59.9 Å². The third-order valence-corrected chi connectivity index (χ3v) is 4.71. The predicted molar refractivity (Wildman–Crippen MR) is 90.5 cm³/mol. The Balaban J connectivity index is 1.64. The number of hydrogen-bond donors (Lipinski definition) is 1. The van der Waals surface area contributed by atoms with E-state index in [9.17, 15) is 13.2 Å². The molecule has 9 nitrogen and oxygen atoms in total. The highest BCUT2D eigenvalue weighted by molar-refractivity contribution is 7.88. The summed E-state index contributed by atoms with van der Waals surface area (Å²) >= 11 is 0. The van der Waals surface area contributed by atoms with Crippen molar-refractivity contribution >= 4 is 10.0 Å². The molecule has 0 bridgehead atoms. The van der Waals surface area contributed by atoms with E-state index in [4.69, 9.17) is 0 Å². The van der Waals surface area contributed by atoms with Gasteiger partial charge in [-0.05, 0) is 11.6 Å². The molecule has 1 aromatic carbocycles. The molecule has 130 valence electrons. The van der Waals surface area contributed by atoms with Gasteiger partial charge in [-0.1, -0.05) is 30.3 Å². The number of nitrogens with zero attached hydrogens (tertiary/aromatic N) is 5. The zero-order chi connectivity index (χ0) is 17.7. The quantitative estimate of drug-likeness (QED) is 0.632. The molecule has 10 heteroatoms. The molecule has 0 aliphatic rings. The fourth-order valence-electron chi connectivity index (χ4n) is 2.20. The summed E-state index contributed by atoms with van der Waals surface area (Å²) in [4.78, 5) is 15.7. The Bertz CT molecular complexity index is 984. The minimum atomic E-state index is -3.49. The number of hydrogen-bond acceptors (Lipinski definition) is 6. The highest BCUT2D eigenvalue weighted by Gasteiger charge is 2.11. The van der Waals surface area contributed by atoms with Crippen molar-refractivity contribution in [1.29, 1.82) is 0 Å². The van der Waals surface area contributed by atoms with E-state index in [1.807, 2.05) is 6.07 Å². The first-order valence-corrected chi connectivity index (χ1v) is 9.13. The normalized spacial score (nSPS) is 11.5. The second kappa shape index (κ2) is 7.36. The first kappa shape index (κ1) is 17.0. The molecule has 2 aromatic heterocycles. The number of rotatable bonds is 7. The Morgan fingerprint density at radius 1 is 1.08 bits per heavy atom. The van der Waals surface area contributed by atoms with E-state index in [1.54, 1.807) is 24.3 Å². The van der Waals surface area contributed by atoms with Gasteiger partial charge in [-0.3, -0.25) is 4.79 Å². The van der Waals surface area contributed by atoms with Crippen molar-refractivity contribution in [2.75, 3.05) is 6.54 Å². The standard InChI is InChI=1S/C15H16N6O3S/c22-15-7-6-14(21-12-16-11-17-21)19-20(15)9-8-18-25(23,24)10-13-4-2-1-3-5-13/h1-7,11-12,18H,8-10H2. The SMILES string of the molecule is O=c1ccc(-n2cncn2)nn1CCNS(=O)(=O)Cc1ccccc1. The van der Waals surface area contributed by atoms with Crippen LogP contribution < -0.4 is 10.3 Å². The van der Waals surface area contributed by atoms with Gasteiger partial charge in [0.2, 0.25) is 10.0 Å². The van der Waals surface area contributed by atoms with E-state index in [-0.39, 0.29) is 24.4 Å². The minimum Gasteiger partial charge on any atom is -0.268 e. The summed E-state index contributed by atoms with van der Waals surface area (Å²) in [5.74, 6) is 0.305. The summed E-state index contributed by atoms with van der Waals surface area (Å²) in [5, 5.41) is 8.09. The van der Waals surface area contributed by atoms with Gasteiger partial charge in [-0.15, -0.1) is 5.10 Å². The van der Waals surface area contributed by atoms with Gasteiger partial charge in [-0.25, -0.2) is 27.5 Å². The van der Waals surface area contributed by atoms with Gasteiger partial charge in [-0.2, -0.15) is 5.10 Å². The van der Waals surface area contributed by atoms with Crippen LogP contribution in [0.25, 0.3) is 5.82 Å². The molecule has 0 atom stereocenters. The third-order valence-electron chi connectivity index (χ3n) is 3.35. The van der Waals surface area contributed by atoms with Crippen molar-refractivity contribution in [1.82, 2.24) is 29.3 Å². The highest BCUT2D eigenvalue weighted by atomic mass is 32.2. The van der Waals surface area contributed by atoms with Crippen LogP contribution in [-0.4, -0.2) is 39.5 Å². The van der Waals surface area contributed by atoms with Crippen LogP contribution in [0.1, 0.15) is 5.56 Å². The van der Waals surface area contributed by atoms with Crippen molar-refractivity contribution < 1.29 is 8.42 Å². The van der Waals surface area contributed by atoms with Crippen molar-refractivity contribution in [2.45, 2.75) is 12.3 Å². The molecule has 0 radical (unpaired) electrons. The van der Waals surface area contributed by atoms with Gasteiger partial charge in [0.25, 0.3) is 5.56 Å². The molecule has 0 amide bonds. The summed E-state index contributed by atoms with van der Waals surface area (Å²) in [6.07, 6.45) is 2.81. The zero-order valence-corrected chi connectivity index (χ0v) is 14.0. The summed E-state index contributed by atoms with van der Waals surface area (Å²) in [6.45, 7) is 0.165. The van der Waals surface area contributed by atoms with E-state index >= 15 is 0 Å². The molecule has 3 rings (SSSR count). The molecule has 25 heavy (non-hydrogen) atoms. The fraction of sp³-hybridized carbons (Fsp3) is 0.200. The van der Waals surface area contributed by atoms with Crippen LogP contribution in [0.3, 0.4) is 0 Å². The summed E-state index contributed by atoms with van der Waals surface area (Å²) in [7, 11) is -3.49. The lowest BCUT2D eigenvalue weighted by Gasteiger charge is -2.09. The minimum absolute atomic E-state index is 0.0584. The molecule has 0 saturated heterocycles. The van der Waals surface area contributed by atoms with Crippen LogP contribution in [0, 0.1) is 0 Å². The smallest absolute Gasteiger partial charge is 0.266 e. The van der Waals surface area contributed by atoms with Gasteiger partial charge in [0.1, 0.15) is 12.7 Å². The van der Waals surface area contributed by atoms with E-state index in [1.165, 1.54) is 34.2 Å². The molecule has 0 fully saturated rings. The maximum absolute atomic E-state index is 12.1. The summed E-state index contributed by atoms with van der Waals surface area (Å²) in [6, 6.07) is 11.7. The Morgan fingerprint density at radius 3 is 2.60 bits per heavy atom. The molecule has 2 heterocycles. The van der Waals surface area contributed by atoms with Gasteiger partial charge in [0.05, 0.1) is 12.3 Å². The van der Waals surface area contributed by atoms with Crippen molar-refractivity contribution in [3.63, 3.8) is 0 Å².